The lowest BCUT2D eigenvalue weighted by Gasteiger charge is -1.99. The molecule has 0 rings (SSSR count). The zero-order valence-electron chi connectivity index (χ0n) is 10.1. The van der Waals surface area contributed by atoms with Crippen LogP contribution in [0.25, 0.3) is 0 Å². The van der Waals surface area contributed by atoms with Gasteiger partial charge in [0.1, 0.15) is 0 Å². The molecule has 0 aromatic rings. The topological polar surface area (TPSA) is 0 Å². The third kappa shape index (κ3) is 11.8. The fourth-order valence-corrected chi connectivity index (χ4v) is 2.72. The highest BCUT2D eigenvalue weighted by Gasteiger charge is 1.89. The van der Waals surface area contributed by atoms with E-state index in [0.29, 0.717) is 0 Å². The van der Waals surface area contributed by atoms with Gasteiger partial charge in [0.15, 0.2) is 0 Å². The SMILES string of the molecule is C=CCSSC/C=C(\C)CCC=C(C)C. The van der Waals surface area contributed by atoms with Crippen molar-refractivity contribution in [2.45, 2.75) is 33.6 Å². The summed E-state index contributed by atoms with van der Waals surface area (Å²) in [7, 11) is 3.77. The molecule has 0 fully saturated rings. The van der Waals surface area contributed by atoms with Gasteiger partial charge in [-0.2, -0.15) is 0 Å². The Morgan fingerprint density at radius 1 is 1.07 bits per heavy atom. The van der Waals surface area contributed by atoms with E-state index in [-0.39, 0.29) is 0 Å². The smallest absolute Gasteiger partial charge is 0.0220 e. The van der Waals surface area contributed by atoms with Crippen LogP contribution in [0.2, 0.25) is 0 Å². The number of rotatable bonds is 8. The molecule has 0 saturated heterocycles. The summed E-state index contributed by atoms with van der Waals surface area (Å²) in [5, 5.41) is 0. The summed E-state index contributed by atoms with van der Waals surface area (Å²) >= 11 is 0. The number of hydrogen-bond donors (Lipinski definition) is 0. The van der Waals surface area contributed by atoms with Crippen molar-refractivity contribution in [3.8, 4) is 0 Å². The van der Waals surface area contributed by atoms with E-state index in [4.69, 9.17) is 0 Å². The minimum absolute atomic E-state index is 1.04. The Morgan fingerprint density at radius 3 is 2.33 bits per heavy atom. The van der Waals surface area contributed by atoms with Gasteiger partial charge in [-0.1, -0.05) is 51.0 Å². The first-order chi connectivity index (χ1) is 7.16. The molecule has 0 amide bonds. The predicted octanol–water partition coefficient (Wildman–Crippen LogP) is 5.25. The van der Waals surface area contributed by atoms with E-state index in [1.165, 1.54) is 24.0 Å². The normalized spacial score (nSPS) is 11.3. The summed E-state index contributed by atoms with van der Waals surface area (Å²) in [4.78, 5) is 0. The molecule has 0 aliphatic rings. The third-order valence-electron chi connectivity index (χ3n) is 1.86. The van der Waals surface area contributed by atoms with E-state index in [9.17, 15) is 0 Å². The highest BCUT2D eigenvalue weighted by atomic mass is 33.1. The second-order valence-electron chi connectivity index (χ2n) is 3.73. The van der Waals surface area contributed by atoms with Gasteiger partial charge in [-0.3, -0.25) is 0 Å². The molecule has 2 heteroatoms. The van der Waals surface area contributed by atoms with Crippen LogP contribution in [0.3, 0.4) is 0 Å². The average molecular weight is 242 g/mol. The standard InChI is InChI=1S/C13H22S2/c1-5-10-14-15-11-9-13(4)8-6-7-12(2)3/h5,7,9H,1,6,8,10-11H2,2-4H3/b13-9+. The van der Waals surface area contributed by atoms with E-state index >= 15 is 0 Å². The lowest BCUT2D eigenvalue weighted by Crippen LogP contribution is -1.79. The maximum atomic E-state index is 3.69. The summed E-state index contributed by atoms with van der Waals surface area (Å²) < 4.78 is 0. The van der Waals surface area contributed by atoms with E-state index < -0.39 is 0 Å². The molecular formula is C13H22S2. The van der Waals surface area contributed by atoms with Crippen molar-refractivity contribution in [1.29, 1.82) is 0 Å². The van der Waals surface area contributed by atoms with Crippen LogP contribution in [-0.2, 0) is 0 Å². The largest absolute Gasteiger partial charge is 0.102 e. The predicted molar refractivity (Wildman–Crippen MR) is 77.5 cm³/mol. The molecule has 0 bridgehead atoms. The molecule has 0 nitrogen and oxygen atoms in total. The fraction of sp³-hybridized carbons (Fsp3) is 0.538. The van der Waals surface area contributed by atoms with E-state index in [0.717, 1.165) is 11.5 Å². The molecule has 0 aromatic carbocycles. The number of allylic oxidation sites excluding steroid dienone is 3. The second-order valence-corrected chi connectivity index (χ2v) is 6.28. The van der Waals surface area contributed by atoms with Crippen LogP contribution in [0.15, 0.2) is 36.0 Å². The molecule has 0 heterocycles. The Hall–Kier alpha value is -0.0800. The van der Waals surface area contributed by atoms with Crippen molar-refractivity contribution in [2.24, 2.45) is 0 Å². The Labute approximate surface area is 103 Å². The second kappa shape index (κ2) is 10.4. The Balaban J connectivity index is 3.52. The molecule has 0 radical (unpaired) electrons. The molecular weight excluding hydrogens is 220 g/mol. The van der Waals surface area contributed by atoms with Gasteiger partial charge < -0.3 is 0 Å². The quantitative estimate of drug-likeness (QED) is 0.324. The fourth-order valence-electron chi connectivity index (χ4n) is 1.01. The highest BCUT2D eigenvalue weighted by molar-refractivity contribution is 8.76. The van der Waals surface area contributed by atoms with Crippen molar-refractivity contribution >= 4 is 21.6 Å². The summed E-state index contributed by atoms with van der Waals surface area (Å²) in [6.45, 7) is 10.2. The van der Waals surface area contributed by atoms with Crippen LogP contribution in [0.1, 0.15) is 33.6 Å². The van der Waals surface area contributed by atoms with Crippen LogP contribution >= 0.6 is 21.6 Å². The van der Waals surface area contributed by atoms with Crippen LogP contribution in [-0.4, -0.2) is 11.5 Å². The molecule has 15 heavy (non-hydrogen) atoms. The average Bonchev–Trinajstić information content (AvgIpc) is 2.17. The zero-order valence-corrected chi connectivity index (χ0v) is 11.7. The first-order valence-corrected chi connectivity index (χ1v) is 7.80. The van der Waals surface area contributed by atoms with Gasteiger partial charge in [0, 0.05) is 11.5 Å². The summed E-state index contributed by atoms with van der Waals surface area (Å²) in [5.41, 5.74) is 2.91. The molecule has 0 spiro atoms. The van der Waals surface area contributed by atoms with Gasteiger partial charge in [-0.05, 0) is 33.6 Å². The molecule has 0 aromatic heterocycles. The van der Waals surface area contributed by atoms with Crippen LogP contribution in [0.5, 0.6) is 0 Å². The van der Waals surface area contributed by atoms with Crippen molar-refractivity contribution < 1.29 is 0 Å². The third-order valence-corrected chi connectivity index (χ3v) is 4.02. The molecule has 0 saturated carbocycles. The van der Waals surface area contributed by atoms with Crippen LogP contribution in [0, 0.1) is 0 Å². The molecule has 0 atom stereocenters. The molecule has 0 aliphatic carbocycles. The molecule has 0 N–H and O–H groups in total. The Morgan fingerprint density at radius 2 is 1.73 bits per heavy atom. The summed E-state index contributed by atoms with van der Waals surface area (Å²) in [6.07, 6.45) is 8.95. The molecule has 0 unspecified atom stereocenters. The van der Waals surface area contributed by atoms with Gasteiger partial charge in [-0.15, -0.1) is 6.58 Å². The van der Waals surface area contributed by atoms with E-state index in [1.807, 2.05) is 27.7 Å². The van der Waals surface area contributed by atoms with Crippen LogP contribution < -0.4 is 0 Å². The molecule has 86 valence electrons. The maximum absolute atomic E-state index is 3.69. The van der Waals surface area contributed by atoms with Crippen molar-refractivity contribution in [3.63, 3.8) is 0 Å². The first kappa shape index (κ1) is 14.9. The zero-order chi connectivity index (χ0) is 11.5. The van der Waals surface area contributed by atoms with Crippen molar-refractivity contribution in [1.82, 2.24) is 0 Å². The van der Waals surface area contributed by atoms with Gasteiger partial charge in [0.05, 0.1) is 0 Å². The summed E-state index contributed by atoms with van der Waals surface area (Å²) in [6, 6.07) is 0. The Kier molecular flexibility index (Phi) is 10.4. The first-order valence-electron chi connectivity index (χ1n) is 5.31. The monoisotopic (exact) mass is 242 g/mol. The highest BCUT2D eigenvalue weighted by Crippen LogP contribution is 2.21. The number of hydrogen-bond acceptors (Lipinski definition) is 2. The van der Waals surface area contributed by atoms with E-state index in [2.05, 4.69) is 39.5 Å². The Bertz CT molecular complexity index is 223. The minimum Gasteiger partial charge on any atom is -0.102 e. The van der Waals surface area contributed by atoms with Crippen molar-refractivity contribution in [3.05, 3.63) is 36.0 Å². The summed E-state index contributed by atoms with van der Waals surface area (Å²) in [5.74, 6) is 2.15. The maximum Gasteiger partial charge on any atom is 0.0220 e. The van der Waals surface area contributed by atoms with Gasteiger partial charge in [0.2, 0.25) is 0 Å². The lowest BCUT2D eigenvalue weighted by molar-refractivity contribution is 0.964. The van der Waals surface area contributed by atoms with Gasteiger partial charge in [-0.25, -0.2) is 0 Å². The lowest BCUT2D eigenvalue weighted by atomic mass is 10.1. The van der Waals surface area contributed by atoms with Crippen molar-refractivity contribution in [2.75, 3.05) is 11.5 Å². The van der Waals surface area contributed by atoms with Gasteiger partial charge >= 0.3 is 0 Å². The van der Waals surface area contributed by atoms with Crippen LogP contribution in [0.4, 0.5) is 0 Å². The van der Waals surface area contributed by atoms with E-state index in [1.54, 1.807) is 0 Å². The minimum atomic E-state index is 1.04. The molecule has 0 aliphatic heterocycles. The van der Waals surface area contributed by atoms with Gasteiger partial charge in [0.25, 0.3) is 0 Å².